The Morgan fingerprint density at radius 3 is 2.89 bits per heavy atom. The number of halogens is 1. The highest BCUT2D eigenvalue weighted by Crippen LogP contribution is 2.31. The molecule has 1 aliphatic carbocycles. The molecular weight excluding hydrogens is 308 g/mol. The molecule has 3 rings (SSSR count). The molecule has 2 aliphatic rings. The van der Waals surface area contributed by atoms with Crippen LogP contribution in [-0.2, 0) is 6.54 Å². The molecule has 0 spiro atoms. The molecule has 1 unspecified atom stereocenters. The number of nitrogens with zero attached hydrogens (tertiary/aromatic N) is 1. The highest BCUT2D eigenvalue weighted by molar-refractivity contribution is 9.11. The van der Waals surface area contributed by atoms with Crippen molar-refractivity contribution in [2.75, 3.05) is 19.6 Å². The van der Waals surface area contributed by atoms with Crippen molar-refractivity contribution >= 4 is 27.3 Å². The van der Waals surface area contributed by atoms with Gasteiger partial charge in [0.15, 0.2) is 0 Å². The van der Waals surface area contributed by atoms with Crippen molar-refractivity contribution < 1.29 is 0 Å². The van der Waals surface area contributed by atoms with E-state index in [1.165, 1.54) is 54.7 Å². The highest BCUT2D eigenvalue weighted by atomic mass is 79.9. The van der Waals surface area contributed by atoms with Crippen molar-refractivity contribution in [2.45, 2.75) is 38.3 Å². The number of piperidine rings is 1. The number of rotatable bonds is 5. The van der Waals surface area contributed by atoms with Crippen LogP contribution in [0.2, 0.25) is 0 Å². The lowest BCUT2D eigenvalue weighted by Crippen LogP contribution is -2.38. The quantitative estimate of drug-likeness (QED) is 0.890. The number of hydrogen-bond acceptors (Lipinski definition) is 3. The minimum Gasteiger partial charge on any atom is -0.316 e. The molecule has 2 heterocycles. The van der Waals surface area contributed by atoms with Crippen molar-refractivity contribution in [2.24, 2.45) is 5.92 Å². The first-order valence-electron chi connectivity index (χ1n) is 6.99. The maximum absolute atomic E-state index is 3.56. The van der Waals surface area contributed by atoms with E-state index < -0.39 is 0 Å². The van der Waals surface area contributed by atoms with Crippen LogP contribution in [0.15, 0.2) is 15.2 Å². The first-order valence-corrected chi connectivity index (χ1v) is 8.66. The summed E-state index contributed by atoms with van der Waals surface area (Å²) in [7, 11) is 0. The summed E-state index contributed by atoms with van der Waals surface area (Å²) in [6.07, 6.45) is 5.58. The zero-order chi connectivity index (χ0) is 12.4. The second-order valence-electron chi connectivity index (χ2n) is 5.63. The van der Waals surface area contributed by atoms with Gasteiger partial charge in [-0.1, -0.05) is 0 Å². The summed E-state index contributed by atoms with van der Waals surface area (Å²) >= 11 is 5.37. The molecule has 1 atom stereocenters. The van der Waals surface area contributed by atoms with E-state index in [1.807, 2.05) is 0 Å². The second kappa shape index (κ2) is 6.04. The lowest BCUT2D eigenvalue weighted by Gasteiger charge is -2.30. The maximum Gasteiger partial charge on any atom is 0.0701 e. The first-order chi connectivity index (χ1) is 8.81. The van der Waals surface area contributed by atoms with Gasteiger partial charge < -0.3 is 5.32 Å². The highest BCUT2D eigenvalue weighted by Gasteiger charge is 2.30. The van der Waals surface area contributed by atoms with Gasteiger partial charge in [0.05, 0.1) is 3.79 Å². The van der Waals surface area contributed by atoms with Gasteiger partial charge in [0, 0.05) is 19.1 Å². The molecule has 0 aromatic carbocycles. The SMILES string of the molecule is Brc1cc(CN(CC2CCCNC2)C2CC2)cs1. The van der Waals surface area contributed by atoms with Crippen LogP contribution in [0, 0.1) is 5.92 Å². The van der Waals surface area contributed by atoms with Crippen LogP contribution in [0.25, 0.3) is 0 Å². The monoisotopic (exact) mass is 328 g/mol. The van der Waals surface area contributed by atoms with Crippen molar-refractivity contribution in [1.82, 2.24) is 10.2 Å². The Labute approximate surface area is 122 Å². The number of nitrogens with one attached hydrogen (secondary N) is 1. The van der Waals surface area contributed by atoms with Gasteiger partial charge in [-0.3, -0.25) is 4.90 Å². The summed E-state index contributed by atoms with van der Waals surface area (Å²) in [6.45, 7) is 4.86. The average molecular weight is 329 g/mol. The van der Waals surface area contributed by atoms with Crippen LogP contribution < -0.4 is 5.32 Å². The predicted octanol–water partition coefficient (Wildman–Crippen LogP) is 3.47. The van der Waals surface area contributed by atoms with Gasteiger partial charge in [-0.2, -0.15) is 0 Å². The van der Waals surface area contributed by atoms with Gasteiger partial charge in [0.25, 0.3) is 0 Å². The van der Waals surface area contributed by atoms with Gasteiger partial charge in [-0.05, 0) is 77.6 Å². The molecule has 2 fully saturated rings. The molecular formula is C14H21BrN2S. The fraction of sp³-hybridized carbons (Fsp3) is 0.714. The van der Waals surface area contributed by atoms with E-state index in [2.05, 4.69) is 37.6 Å². The number of thiophene rings is 1. The Hall–Kier alpha value is 0.1000. The van der Waals surface area contributed by atoms with Crippen molar-refractivity contribution in [1.29, 1.82) is 0 Å². The lowest BCUT2D eigenvalue weighted by atomic mass is 9.99. The third-order valence-corrected chi connectivity index (χ3v) is 5.52. The molecule has 1 aromatic heterocycles. The second-order valence-corrected chi connectivity index (χ2v) is 7.92. The minimum absolute atomic E-state index is 0.862. The van der Waals surface area contributed by atoms with Gasteiger partial charge >= 0.3 is 0 Å². The lowest BCUT2D eigenvalue weighted by molar-refractivity contribution is 0.193. The molecule has 2 nitrogen and oxygen atoms in total. The van der Waals surface area contributed by atoms with E-state index in [0.717, 1.165) is 18.5 Å². The molecule has 1 saturated heterocycles. The molecule has 0 bridgehead atoms. The summed E-state index contributed by atoms with van der Waals surface area (Å²) in [5.41, 5.74) is 1.47. The molecule has 4 heteroatoms. The van der Waals surface area contributed by atoms with Gasteiger partial charge in [-0.25, -0.2) is 0 Å². The molecule has 0 amide bonds. The van der Waals surface area contributed by atoms with E-state index in [1.54, 1.807) is 11.3 Å². The Morgan fingerprint density at radius 1 is 1.39 bits per heavy atom. The van der Waals surface area contributed by atoms with Crippen molar-refractivity contribution in [3.63, 3.8) is 0 Å². The van der Waals surface area contributed by atoms with Crippen LogP contribution >= 0.6 is 27.3 Å². The molecule has 1 aliphatic heterocycles. The molecule has 1 aromatic rings. The Balaban J connectivity index is 1.57. The summed E-state index contributed by atoms with van der Waals surface area (Å²) in [5, 5.41) is 5.83. The summed E-state index contributed by atoms with van der Waals surface area (Å²) in [6, 6.07) is 3.14. The smallest absolute Gasteiger partial charge is 0.0701 e. The number of hydrogen-bond donors (Lipinski definition) is 1. The topological polar surface area (TPSA) is 15.3 Å². The summed E-state index contributed by atoms with van der Waals surface area (Å²) in [4.78, 5) is 2.71. The Morgan fingerprint density at radius 2 is 2.28 bits per heavy atom. The Bertz CT molecular complexity index is 383. The maximum atomic E-state index is 3.56. The van der Waals surface area contributed by atoms with Crippen LogP contribution in [0.5, 0.6) is 0 Å². The van der Waals surface area contributed by atoms with E-state index in [-0.39, 0.29) is 0 Å². The van der Waals surface area contributed by atoms with Crippen LogP contribution in [-0.4, -0.2) is 30.6 Å². The first kappa shape index (κ1) is 13.1. The third-order valence-electron chi connectivity index (χ3n) is 3.96. The Kier molecular flexibility index (Phi) is 4.39. The normalized spacial score (nSPS) is 24.7. The van der Waals surface area contributed by atoms with Gasteiger partial charge in [0.2, 0.25) is 0 Å². The standard InChI is InChI=1S/C14H21BrN2S/c15-14-6-12(10-18-14)9-17(13-3-4-13)8-11-2-1-5-16-7-11/h6,10-11,13,16H,1-5,7-9H2. The summed E-state index contributed by atoms with van der Waals surface area (Å²) in [5.74, 6) is 0.862. The molecule has 0 radical (unpaired) electrons. The van der Waals surface area contributed by atoms with E-state index in [9.17, 15) is 0 Å². The van der Waals surface area contributed by atoms with E-state index >= 15 is 0 Å². The largest absolute Gasteiger partial charge is 0.316 e. The van der Waals surface area contributed by atoms with Crippen LogP contribution in [0.1, 0.15) is 31.2 Å². The van der Waals surface area contributed by atoms with Gasteiger partial charge in [0.1, 0.15) is 0 Å². The summed E-state index contributed by atoms with van der Waals surface area (Å²) < 4.78 is 1.26. The van der Waals surface area contributed by atoms with Crippen molar-refractivity contribution in [3.8, 4) is 0 Å². The fourth-order valence-electron chi connectivity index (χ4n) is 2.86. The minimum atomic E-state index is 0.862. The molecule has 1 saturated carbocycles. The van der Waals surface area contributed by atoms with Crippen LogP contribution in [0.3, 0.4) is 0 Å². The van der Waals surface area contributed by atoms with E-state index in [4.69, 9.17) is 0 Å². The molecule has 100 valence electrons. The molecule has 18 heavy (non-hydrogen) atoms. The van der Waals surface area contributed by atoms with Gasteiger partial charge in [-0.15, -0.1) is 11.3 Å². The fourth-order valence-corrected chi connectivity index (χ4v) is 4.06. The third kappa shape index (κ3) is 3.56. The van der Waals surface area contributed by atoms with E-state index in [0.29, 0.717) is 0 Å². The average Bonchev–Trinajstić information content (AvgIpc) is 3.15. The van der Waals surface area contributed by atoms with Crippen LogP contribution in [0.4, 0.5) is 0 Å². The zero-order valence-corrected chi connectivity index (χ0v) is 13.1. The predicted molar refractivity (Wildman–Crippen MR) is 81.0 cm³/mol. The zero-order valence-electron chi connectivity index (χ0n) is 10.7. The molecule has 1 N–H and O–H groups in total. The van der Waals surface area contributed by atoms with Crippen molar-refractivity contribution in [3.05, 3.63) is 20.8 Å².